The minimum absolute atomic E-state index is 0.0435. The van der Waals surface area contributed by atoms with Crippen molar-refractivity contribution >= 4 is 22.8 Å². The molecule has 2 aromatic heterocycles. The first kappa shape index (κ1) is 12.1. The van der Waals surface area contributed by atoms with E-state index in [0.29, 0.717) is 6.54 Å². The quantitative estimate of drug-likeness (QED) is 0.652. The number of carbonyl (C=O) groups is 1. The standard InChI is InChI=1S/C13H12N6O/c14-13-17-11(18-19-13)12(20)16-7-9-4-1-3-8-5-2-6-15-10(8)9/h1-6H,7H2,(H,16,20)(H3,14,17,18,19). The van der Waals surface area contributed by atoms with Gasteiger partial charge in [0.1, 0.15) is 0 Å². The fraction of sp³-hybridized carbons (Fsp3) is 0.0769. The number of anilines is 1. The van der Waals surface area contributed by atoms with Crippen LogP contribution in [0.25, 0.3) is 10.9 Å². The minimum atomic E-state index is -0.359. The molecular weight excluding hydrogens is 256 g/mol. The van der Waals surface area contributed by atoms with E-state index >= 15 is 0 Å². The molecule has 0 fully saturated rings. The van der Waals surface area contributed by atoms with E-state index < -0.39 is 0 Å². The maximum atomic E-state index is 11.8. The molecule has 20 heavy (non-hydrogen) atoms. The maximum absolute atomic E-state index is 11.8. The summed E-state index contributed by atoms with van der Waals surface area (Å²) in [4.78, 5) is 19.9. The van der Waals surface area contributed by atoms with Gasteiger partial charge in [-0.05, 0) is 11.6 Å². The number of benzene rings is 1. The average Bonchev–Trinajstić information content (AvgIpc) is 2.91. The van der Waals surface area contributed by atoms with Crippen LogP contribution in [0.1, 0.15) is 16.2 Å². The third-order valence-electron chi connectivity index (χ3n) is 2.87. The van der Waals surface area contributed by atoms with Gasteiger partial charge in [0.25, 0.3) is 5.91 Å². The normalized spacial score (nSPS) is 10.6. The summed E-state index contributed by atoms with van der Waals surface area (Å²) >= 11 is 0. The lowest BCUT2D eigenvalue weighted by Gasteiger charge is -2.06. The first-order valence-electron chi connectivity index (χ1n) is 6.03. The number of rotatable bonds is 3. The molecule has 3 rings (SSSR count). The Kier molecular flexibility index (Phi) is 3.00. The van der Waals surface area contributed by atoms with Gasteiger partial charge in [0, 0.05) is 18.1 Å². The van der Waals surface area contributed by atoms with Crippen molar-refractivity contribution in [3.05, 3.63) is 47.9 Å². The highest BCUT2D eigenvalue weighted by Gasteiger charge is 2.11. The van der Waals surface area contributed by atoms with Gasteiger partial charge in [-0.1, -0.05) is 24.3 Å². The Morgan fingerprint density at radius 3 is 2.95 bits per heavy atom. The first-order chi connectivity index (χ1) is 9.74. The van der Waals surface area contributed by atoms with E-state index in [2.05, 4.69) is 25.5 Å². The number of nitrogens with two attached hydrogens (primary N) is 1. The summed E-state index contributed by atoms with van der Waals surface area (Å²) in [5.41, 5.74) is 7.16. The lowest BCUT2D eigenvalue weighted by Crippen LogP contribution is -2.24. The van der Waals surface area contributed by atoms with Crippen LogP contribution in [0, 0.1) is 0 Å². The van der Waals surface area contributed by atoms with E-state index in [4.69, 9.17) is 5.73 Å². The molecule has 1 aromatic carbocycles. The third kappa shape index (κ3) is 2.28. The maximum Gasteiger partial charge on any atom is 0.288 e. The van der Waals surface area contributed by atoms with Gasteiger partial charge >= 0.3 is 0 Å². The minimum Gasteiger partial charge on any atom is -0.366 e. The van der Waals surface area contributed by atoms with Gasteiger partial charge in [0.15, 0.2) is 0 Å². The molecule has 0 unspecified atom stereocenters. The van der Waals surface area contributed by atoms with Gasteiger partial charge in [0.2, 0.25) is 11.8 Å². The molecule has 7 nitrogen and oxygen atoms in total. The number of aromatic nitrogens is 4. The molecule has 2 heterocycles. The number of nitrogens with one attached hydrogen (secondary N) is 2. The zero-order valence-electron chi connectivity index (χ0n) is 10.5. The van der Waals surface area contributed by atoms with Crippen LogP contribution >= 0.6 is 0 Å². The molecule has 0 saturated heterocycles. The number of para-hydroxylation sites is 1. The smallest absolute Gasteiger partial charge is 0.288 e. The van der Waals surface area contributed by atoms with Crippen LogP contribution in [-0.4, -0.2) is 26.1 Å². The third-order valence-corrected chi connectivity index (χ3v) is 2.87. The molecule has 0 radical (unpaired) electrons. The molecule has 0 aliphatic rings. The molecule has 0 spiro atoms. The highest BCUT2D eigenvalue weighted by atomic mass is 16.2. The predicted octanol–water partition coefficient (Wildman–Crippen LogP) is 0.865. The lowest BCUT2D eigenvalue weighted by molar-refractivity contribution is 0.0941. The van der Waals surface area contributed by atoms with Crippen molar-refractivity contribution in [2.24, 2.45) is 0 Å². The summed E-state index contributed by atoms with van der Waals surface area (Å²) in [6, 6.07) is 9.68. The van der Waals surface area contributed by atoms with Crippen molar-refractivity contribution in [2.75, 3.05) is 5.73 Å². The molecule has 0 aliphatic carbocycles. The van der Waals surface area contributed by atoms with Gasteiger partial charge in [0.05, 0.1) is 5.52 Å². The summed E-state index contributed by atoms with van der Waals surface area (Å²) in [5, 5.41) is 9.86. The van der Waals surface area contributed by atoms with Crippen molar-refractivity contribution in [1.82, 2.24) is 25.5 Å². The van der Waals surface area contributed by atoms with E-state index in [-0.39, 0.29) is 17.7 Å². The topological polar surface area (TPSA) is 110 Å². The van der Waals surface area contributed by atoms with E-state index in [1.807, 2.05) is 30.3 Å². The number of carbonyl (C=O) groups excluding carboxylic acids is 1. The number of pyridine rings is 1. The van der Waals surface area contributed by atoms with Crippen LogP contribution in [0.15, 0.2) is 36.5 Å². The van der Waals surface area contributed by atoms with Crippen LogP contribution in [0.5, 0.6) is 0 Å². The summed E-state index contributed by atoms with van der Waals surface area (Å²) in [5.74, 6) is -0.222. The molecule has 4 N–H and O–H groups in total. The molecule has 3 aromatic rings. The number of nitrogens with zero attached hydrogens (tertiary/aromatic N) is 3. The Bertz CT molecular complexity index is 761. The van der Waals surface area contributed by atoms with Crippen LogP contribution in [0.3, 0.4) is 0 Å². The van der Waals surface area contributed by atoms with Gasteiger partial charge in [-0.2, -0.15) is 4.98 Å². The summed E-state index contributed by atoms with van der Waals surface area (Å²) < 4.78 is 0. The van der Waals surface area contributed by atoms with Crippen molar-refractivity contribution < 1.29 is 4.79 Å². The molecule has 1 amide bonds. The molecule has 0 bridgehead atoms. The Morgan fingerprint density at radius 2 is 2.15 bits per heavy atom. The Labute approximate surface area is 114 Å². The number of aromatic amines is 1. The Morgan fingerprint density at radius 1 is 1.30 bits per heavy atom. The molecule has 0 saturated carbocycles. The van der Waals surface area contributed by atoms with E-state index in [1.54, 1.807) is 6.20 Å². The van der Waals surface area contributed by atoms with E-state index in [0.717, 1.165) is 16.5 Å². The van der Waals surface area contributed by atoms with Crippen LogP contribution < -0.4 is 11.1 Å². The molecule has 0 atom stereocenters. The Balaban J connectivity index is 1.79. The average molecular weight is 268 g/mol. The van der Waals surface area contributed by atoms with Gasteiger partial charge in [-0.3, -0.25) is 14.9 Å². The van der Waals surface area contributed by atoms with E-state index in [9.17, 15) is 4.79 Å². The fourth-order valence-electron chi connectivity index (χ4n) is 1.95. The lowest BCUT2D eigenvalue weighted by atomic mass is 10.1. The second-order valence-electron chi connectivity index (χ2n) is 4.22. The van der Waals surface area contributed by atoms with Crippen molar-refractivity contribution in [3.8, 4) is 0 Å². The number of hydrogen-bond donors (Lipinski definition) is 3. The number of amides is 1. The molecule has 0 aliphatic heterocycles. The van der Waals surface area contributed by atoms with E-state index in [1.165, 1.54) is 0 Å². The largest absolute Gasteiger partial charge is 0.366 e. The SMILES string of the molecule is Nc1n[nH]c(C(=O)NCc2cccc3cccnc23)n1. The highest BCUT2D eigenvalue weighted by Crippen LogP contribution is 2.15. The van der Waals surface area contributed by atoms with Gasteiger partial charge < -0.3 is 11.1 Å². The second-order valence-corrected chi connectivity index (χ2v) is 4.22. The summed E-state index contributed by atoms with van der Waals surface area (Å²) in [6.07, 6.45) is 1.73. The van der Waals surface area contributed by atoms with Crippen molar-refractivity contribution in [3.63, 3.8) is 0 Å². The number of nitrogen functional groups attached to an aromatic ring is 1. The number of H-pyrrole nitrogens is 1. The number of hydrogen-bond acceptors (Lipinski definition) is 5. The zero-order valence-corrected chi connectivity index (χ0v) is 10.5. The summed E-state index contributed by atoms with van der Waals surface area (Å²) in [6.45, 7) is 0.355. The fourth-order valence-corrected chi connectivity index (χ4v) is 1.95. The van der Waals surface area contributed by atoms with Gasteiger partial charge in [-0.15, -0.1) is 5.10 Å². The van der Waals surface area contributed by atoms with Crippen LogP contribution in [0.4, 0.5) is 5.95 Å². The molecule has 7 heteroatoms. The van der Waals surface area contributed by atoms with Gasteiger partial charge in [-0.25, -0.2) is 0 Å². The summed E-state index contributed by atoms with van der Waals surface area (Å²) in [7, 11) is 0. The van der Waals surface area contributed by atoms with Crippen LogP contribution in [-0.2, 0) is 6.54 Å². The second kappa shape index (κ2) is 4.96. The Hall–Kier alpha value is -2.96. The number of fused-ring (bicyclic) bond motifs is 1. The highest BCUT2D eigenvalue weighted by molar-refractivity contribution is 5.91. The molecular formula is C13H12N6O. The monoisotopic (exact) mass is 268 g/mol. The predicted molar refractivity (Wildman–Crippen MR) is 73.7 cm³/mol. The molecule has 100 valence electrons. The van der Waals surface area contributed by atoms with Crippen LogP contribution in [0.2, 0.25) is 0 Å². The zero-order chi connectivity index (χ0) is 13.9. The first-order valence-corrected chi connectivity index (χ1v) is 6.03. The van der Waals surface area contributed by atoms with Crippen molar-refractivity contribution in [2.45, 2.75) is 6.54 Å². The van der Waals surface area contributed by atoms with Crippen molar-refractivity contribution in [1.29, 1.82) is 0 Å².